The molecule has 8 heteroatoms. The van der Waals surface area contributed by atoms with Crippen molar-refractivity contribution in [2.75, 3.05) is 11.2 Å². The molecule has 1 aromatic carbocycles. The average Bonchev–Trinajstić information content (AvgIpc) is 3.11. The van der Waals surface area contributed by atoms with Crippen LogP contribution in [-0.4, -0.2) is 27.3 Å². The van der Waals surface area contributed by atoms with Crippen LogP contribution in [0.3, 0.4) is 0 Å². The first kappa shape index (κ1) is 16.0. The quantitative estimate of drug-likeness (QED) is 0.640. The maximum absolute atomic E-state index is 12.5. The van der Waals surface area contributed by atoms with Gasteiger partial charge in [-0.15, -0.1) is 21.5 Å². The summed E-state index contributed by atoms with van der Waals surface area (Å²) in [7, 11) is 0. The van der Waals surface area contributed by atoms with Crippen molar-refractivity contribution in [2.45, 2.75) is 18.3 Å². The molecule has 0 unspecified atom stereocenters. The third-order valence-electron chi connectivity index (χ3n) is 3.82. The van der Waals surface area contributed by atoms with Crippen LogP contribution in [0.5, 0.6) is 5.88 Å². The second-order valence-corrected chi connectivity index (χ2v) is 7.10. The summed E-state index contributed by atoms with van der Waals surface area (Å²) in [6, 6.07) is 11.5. The highest BCUT2D eigenvalue weighted by Gasteiger charge is 2.34. The lowest BCUT2D eigenvalue weighted by atomic mass is 10.1. The zero-order valence-corrected chi connectivity index (χ0v) is 15.2. The number of thiophene rings is 1. The summed E-state index contributed by atoms with van der Waals surface area (Å²) < 4.78 is 6.19. The molecule has 3 heterocycles. The van der Waals surface area contributed by atoms with Crippen LogP contribution in [0.15, 0.2) is 46.9 Å². The van der Waals surface area contributed by atoms with Crippen molar-refractivity contribution in [2.24, 2.45) is 0 Å². The molecule has 0 fully saturated rings. The lowest BCUT2D eigenvalue weighted by molar-refractivity contribution is -0.118. The Bertz CT molecular complexity index is 930. The van der Waals surface area contributed by atoms with Gasteiger partial charge in [-0.1, -0.05) is 36.0 Å². The number of carbonyl (C=O) groups excluding carboxylic acids is 1. The third kappa shape index (κ3) is 2.77. The van der Waals surface area contributed by atoms with Crippen molar-refractivity contribution in [3.8, 4) is 17.1 Å². The maximum atomic E-state index is 12.5. The number of carbonyl (C=O) groups is 1. The molecule has 0 spiro atoms. The lowest BCUT2D eigenvalue weighted by Gasteiger charge is -2.28. The summed E-state index contributed by atoms with van der Waals surface area (Å²) in [4.78, 5) is 19.5. The van der Waals surface area contributed by atoms with Gasteiger partial charge in [0.05, 0.1) is 10.6 Å². The van der Waals surface area contributed by atoms with E-state index in [2.05, 4.69) is 15.2 Å². The van der Waals surface area contributed by atoms with Gasteiger partial charge in [0.2, 0.25) is 23.2 Å². The predicted octanol–water partition coefficient (Wildman–Crippen LogP) is 3.77. The number of aromatic nitrogens is 3. The molecule has 3 aromatic rings. The Kier molecular flexibility index (Phi) is 4.14. The number of thioether (sulfide) groups is 1. The van der Waals surface area contributed by atoms with Gasteiger partial charge in [-0.05, 0) is 23.8 Å². The van der Waals surface area contributed by atoms with Crippen molar-refractivity contribution in [1.82, 2.24) is 15.2 Å². The summed E-state index contributed by atoms with van der Waals surface area (Å²) in [5.41, 5.74) is 2.05. The number of hydrogen-bond acceptors (Lipinski definition) is 7. The highest BCUT2D eigenvalue weighted by Crippen LogP contribution is 2.43. The molecule has 0 aliphatic carbocycles. The smallest absolute Gasteiger partial charge is 0.247 e. The van der Waals surface area contributed by atoms with Crippen molar-refractivity contribution in [1.29, 1.82) is 0 Å². The van der Waals surface area contributed by atoms with E-state index in [1.807, 2.05) is 48.0 Å². The van der Waals surface area contributed by atoms with E-state index in [9.17, 15) is 4.79 Å². The SMILES string of the molecule is CSc1nnc2c(n1)O[C@H](c1cccs1)N(C(C)=O)c1ccccc1-2. The van der Waals surface area contributed by atoms with E-state index in [0.29, 0.717) is 16.7 Å². The van der Waals surface area contributed by atoms with Crippen LogP contribution in [0, 0.1) is 0 Å². The van der Waals surface area contributed by atoms with E-state index in [-0.39, 0.29) is 5.91 Å². The Morgan fingerprint density at radius 2 is 2.08 bits per heavy atom. The minimum absolute atomic E-state index is 0.114. The summed E-state index contributed by atoms with van der Waals surface area (Å²) in [5, 5.41) is 10.9. The fourth-order valence-corrected chi connectivity index (χ4v) is 3.79. The molecule has 25 heavy (non-hydrogen) atoms. The summed E-state index contributed by atoms with van der Waals surface area (Å²) in [6.07, 6.45) is 1.29. The summed E-state index contributed by atoms with van der Waals surface area (Å²) in [6.45, 7) is 1.53. The first-order chi connectivity index (χ1) is 12.2. The number of anilines is 1. The molecular weight excluding hydrogens is 356 g/mol. The number of amides is 1. The van der Waals surface area contributed by atoms with Crippen LogP contribution in [-0.2, 0) is 4.79 Å². The van der Waals surface area contributed by atoms with Crippen LogP contribution < -0.4 is 9.64 Å². The second-order valence-electron chi connectivity index (χ2n) is 5.34. The molecule has 1 aliphatic heterocycles. The maximum Gasteiger partial charge on any atom is 0.247 e. The van der Waals surface area contributed by atoms with Crippen molar-refractivity contribution in [3.05, 3.63) is 46.7 Å². The van der Waals surface area contributed by atoms with Gasteiger partial charge in [-0.3, -0.25) is 9.69 Å². The molecule has 1 amide bonds. The zero-order valence-electron chi connectivity index (χ0n) is 13.5. The topological polar surface area (TPSA) is 68.2 Å². The van der Waals surface area contributed by atoms with Gasteiger partial charge in [0, 0.05) is 12.5 Å². The van der Waals surface area contributed by atoms with Gasteiger partial charge in [0.1, 0.15) is 0 Å². The molecule has 0 radical (unpaired) electrons. The predicted molar refractivity (Wildman–Crippen MR) is 97.9 cm³/mol. The highest BCUT2D eigenvalue weighted by molar-refractivity contribution is 7.98. The number of ether oxygens (including phenoxy) is 1. The van der Waals surface area contributed by atoms with Crippen LogP contribution in [0.1, 0.15) is 18.0 Å². The Morgan fingerprint density at radius 1 is 1.24 bits per heavy atom. The number of nitrogens with zero attached hydrogens (tertiary/aromatic N) is 4. The molecule has 0 saturated heterocycles. The minimum Gasteiger partial charge on any atom is -0.446 e. The number of para-hydroxylation sites is 1. The van der Waals surface area contributed by atoms with Gasteiger partial charge in [-0.2, -0.15) is 4.98 Å². The van der Waals surface area contributed by atoms with Gasteiger partial charge in [-0.25, -0.2) is 0 Å². The van der Waals surface area contributed by atoms with Crippen molar-refractivity contribution in [3.63, 3.8) is 0 Å². The van der Waals surface area contributed by atoms with Crippen molar-refractivity contribution < 1.29 is 9.53 Å². The number of hydrogen-bond donors (Lipinski definition) is 0. The van der Waals surface area contributed by atoms with Gasteiger partial charge >= 0.3 is 0 Å². The molecular formula is C17H14N4O2S2. The van der Waals surface area contributed by atoms with E-state index in [0.717, 1.165) is 16.1 Å². The van der Waals surface area contributed by atoms with E-state index >= 15 is 0 Å². The molecule has 0 N–H and O–H groups in total. The Labute approximate surface area is 152 Å². The molecule has 4 rings (SSSR count). The van der Waals surface area contributed by atoms with Gasteiger partial charge in [0.25, 0.3) is 0 Å². The molecule has 0 saturated carbocycles. The first-order valence-corrected chi connectivity index (χ1v) is 9.67. The van der Waals surface area contributed by atoms with E-state index < -0.39 is 6.23 Å². The van der Waals surface area contributed by atoms with Gasteiger partial charge < -0.3 is 4.74 Å². The van der Waals surface area contributed by atoms with Crippen molar-refractivity contribution >= 4 is 34.7 Å². The Hall–Kier alpha value is -2.45. The van der Waals surface area contributed by atoms with Gasteiger partial charge in [0.15, 0.2) is 5.69 Å². The zero-order chi connectivity index (χ0) is 17.4. The minimum atomic E-state index is -0.591. The normalized spacial score (nSPS) is 15.8. The Morgan fingerprint density at radius 3 is 2.80 bits per heavy atom. The fourth-order valence-electron chi connectivity index (χ4n) is 2.76. The summed E-state index contributed by atoms with van der Waals surface area (Å²) >= 11 is 2.92. The molecule has 2 aromatic heterocycles. The fraction of sp³-hybridized carbons (Fsp3) is 0.176. The number of benzene rings is 1. The first-order valence-electron chi connectivity index (χ1n) is 7.57. The molecule has 1 aliphatic rings. The van der Waals surface area contributed by atoms with Crippen LogP contribution in [0.4, 0.5) is 5.69 Å². The van der Waals surface area contributed by atoms with E-state index in [4.69, 9.17) is 4.74 Å². The second kappa shape index (κ2) is 6.45. The molecule has 126 valence electrons. The largest absolute Gasteiger partial charge is 0.446 e. The Balaban J connectivity index is 1.98. The summed E-state index contributed by atoms with van der Waals surface area (Å²) in [5.74, 6) is 0.269. The number of fused-ring (bicyclic) bond motifs is 3. The lowest BCUT2D eigenvalue weighted by Crippen LogP contribution is -2.35. The molecule has 1 atom stereocenters. The molecule has 0 bridgehead atoms. The van der Waals surface area contributed by atoms with Crippen LogP contribution in [0.2, 0.25) is 0 Å². The average molecular weight is 370 g/mol. The van der Waals surface area contributed by atoms with Crippen LogP contribution >= 0.6 is 23.1 Å². The molecule has 6 nitrogen and oxygen atoms in total. The third-order valence-corrected chi connectivity index (χ3v) is 5.26. The van der Waals surface area contributed by atoms with E-state index in [1.165, 1.54) is 30.0 Å². The number of rotatable bonds is 2. The van der Waals surface area contributed by atoms with E-state index in [1.54, 1.807) is 4.90 Å². The van der Waals surface area contributed by atoms with Crippen LogP contribution in [0.25, 0.3) is 11.3 Å². The highest BCUT2D eigenvalue weighted by atomic mass is 32.2. The standard InChI is InChI=1S/C17H14N4O2S2/c1-10(22)21-12-7-4-3-6-11(12)14-15(18-17(24-2)20-19-14)23-16(21)13-8-5-9-25-13/h3-9,16H,1-2H3/t16-/m1/s1. The monoisotopic (exact) mass is 370 g/mol.